The average molecular weight is 405 g/mol. The SMILES string of the molecule is CCC(=O)Cc1cccc(CC(=NC(=O)OC(C)(C)C)NC(=O)OC(C)(C)C)c1. The summed E-state index contributed by atoms with van der Waals surface area (Å²) in [5.41, 5.74) is 0.257. The van der Waals surface area contributed by atoms with Gasteiger partial charge in [0.2, 0.25) is 0 Å². The van der Waals surface area contributed by atoms with Gasteiger partial charge in [-0.3, -0.25) is 10.1 Å². The summed E-state index contributed by atoms with van der Waals surface area (Å²) >= 11 is 0. The quantitative estimate of drug-likeness (QED) is 0.571. The van der Waals surface area contributed by atoms with Crippen molar-refractivity contribution in [2.75, 3.05) is 0 Å². The van der Waals surface area contributed by atoms with E-state index in [1.54, 1.807) is 41.5 Å². The van der Waals surface area contributed by atoms with E-state index in [1.807, 2.05) is 31.2 Å². The Balaban J connectivity index is 3.05. The standard InChI is InChI=1S/C22H32N2O5/c1-8-17(25)13-15-10-9-11-16(12-15)14-18(23-19(26)28-21(2,3)4)24-20(27)29-22(5,6)7/h9-12H,8,13-14H2,1-7H3,(H,23,24,26,27). The van der Waals surface area contributed by atoms with E-state index in [0.717, 1.165) is 11.1 Å². The third-order valence-corrected chi connectivity index (χ3v) is 3.42. The first-order chi connectivity index (χ1) is 13.3. The molecular weight excluding hydrogens is 372 g/mol. The van der Waals surface area contributed by atoms with Gasteiger partial charge in [-0.05, 0) is 52.7 Å². The predicted octanol–water partition coefficient (Wildman–Crippen LogP) is 4.61. The summed E-state index contributed by atoms with van der Waals surface area (Å²) in [5, 5.41) is 2.53. The maximum Gasteiger partial charge on any atom is 0.435 e. The summed E-state index contributed by atoms with van der Waals surface area (Å²) in [6, 6.07) is 7.38. The van der Waals surface area contributed by atoms with Crippen molar-refractivity contribution in [3.8, 4) is 0 Å². The Morgan fingerprint density at radius 1 is 0.931 bits per heavy atom. The number of hydrogen-bond acceptors (Lipinski definition) is 5. The number of Topliss-reactive ketones (excluding diaryl/α,β-unsaturated/α-hetero) is 1. The molecule has 0 aliphatic rings. The van der Waals surface area contributed by atoms with Crippen LogP contribution >= 0.6 is 0 Å². The van der Waals surface area contributed by atoms with Gasteiger partial charge in [0.15, 0.2) is 0 Å². The van der Waals surface area contributed by atoms with E-state index >= 15 is 0 Å². The fraction of sp³-hybridized carbons (Fsp3) is 0.545. The van der Waals surface area contributed by atoms with Crippen LogP contribution in [-0.2, 0) is 27.1 Å². The van der Waals surface area contributed by atoms with Crippen LogP contribution in [0, 0.1) is 0 Å². The fourth-order valence-electron chi connectivity index (χ4n) is 2.32. The van der Waals surface area contributed by atoms with E-state index in [-0.39, 0.29) is 18.0 Å². The van der Waals surface area contributed by atoms with Crippen LogP contribution in [-0.4, -0.2) is 35.0 Å². The number of nitrogens with one attached hydrogen (secondary N) is 1. The average Bonchev–Trinajstić information content (AvgIpc) is 2.51. The van der Waals surface area contributed by atoms with Crippen molar-refractivity contribution in [1.29, 1.82) is 0 Å². The van der Waals surface area contributed by atoms with Crippen molar-refractivity contribution < 1.29 is 23.9 Å². The van der Waals surface area contributed by atoms with E-state index in [4.69, 9.17) is 9.47 Å². The number of carbonyl (C=O) groups excluding carboxylic acids is 3. The van der Waals surface area contributed by atoms with Crippen LogP contribution in [0.15, 0.2) is 29.3 Å². The summed E-state index contributed by atoms with van der Waals surface area (Å²) in [4.78, 5) is 39.9. The van der Waals surface area contributed by atoms with Gasteiger partial charge in [-0.1, -0.05) is 31.2 Å². The lowest BCUT2D eigenvalue weighted by molar-refractivity contribution is -0.118. The summed E-state index contributed by atoms with van der Waals surface area (Å²) in [6.45, 7) is 12.2. The smallest absolute Gasteiger partial charge is 0.435 e. The highest BCUT2D eigenvalue weighted by atomic mass is 16.6. The topological polar surface area (TPSA) is 94.1 Å². The third-order valence-electron chi connectivity index (χ3n) is 3.42. The number of ether oxygens (including phenoxy) is 2. The molecule has 0 unspecified atom stereocenters. The molecule has 0 spiro atoms. The Kier molecular flexibility index (Phi) is 8.55. The lowest BCUT2D eigenvalue weighted by Crippen LogP contribution is -2.38. The Labute approximate surface area is 172 Å². The highest BCUT2D eigenvalue weighted by Crippen LogP contribution is 2.12. The molecular formula is C22H32N2O5. The molecule has 0 aliphatic carbocycles. The molecule has 160 valence electrons. The van der Waals surface area contributed by atoms with Gasteiger partial charge in [0.25, 0.3) is 0 Å². The predicted molar refractivity (Wildman–Crippen MR) is 112 cm³/mol. The van der Waals surface area contributed by atoms with Gasteiger partial charge in [0, 0.05) is 19.3 Å². The molecule has 0 aliphatic heterocycles. The first-order valence-corrected chi connectivity index (χ1v) is 9.67. The highest BCUT2D eigenvalue weighted by molar-refractivity contribution is 6.01. The zero-order chi connectivity index (χ0) is 22.2. The zero-order valence-corrected chi connectivity index (χ0v) is 18.4. The number of benzene rings is 1. The molecule has 0 radical (unpaired) electrons. The number of amides is 2. The van der Waals surface area contributed by atoms with Crippen LogP contribution in [0.1, 0.15) is 66.0 Å². The minimum absolute atomic E-state index is 0.104. The van der Waals surface area contributed by atoms with Crippen molar-refractivity contribution in [2.24, 2.45) is 4.99 Å². The van der Waals surface area contributed by atoms with Crippen molar-refractivity contribution in [3.63, 3.8) is 0 Å². The van der Waals surface area contributed by atoms with Crippen LogP contribution < -0.4 is 5.32 Å². The Hall–Kier alpha value is -2.70. The third kappa shape index (κ3) is 11.0. The van der Waals surface area contributed by atoms with E-state index in [2.05, 4.69) is 10.3 Å². The van der Waals surface area contributed by atoms with Gasteiger partial charge >= 0.3 is 12.2 Å². The number of rotatable bonds is 5. The van der Waals surface area contributed by atoms with Crippen LogP contribution in [0.5, 0.6) is 0 Å². The maximum absolute atomic E-state index is 12.2. The first-order valence-electron chi connectivity index (χ1n) is 9.67. The largest absolute Gasteiger partial charge is 0.444 e. The second kappa shape index (κ2) is 10.2. The van der Waals surface area contributed by atoms with E-state index < -0.39 is 23.4 Å². The summed E-state index contributed by atoms with van der Waals surface area (Å²) < 4.78 is 10.5. The summed E-state index contributed by atoms with van der Waals surface area (Å²) in [6.07, 6.45) is -0.539. The number of carbonyl (C=O) groups is 3. The normalized spacial score (nSPS) is 12.3. The van der Waals surface area contributed by atoms with Crippen LogP contribution in [0.25, 0.3) is 0 Å². The second-order valence-corrected chi connectivity index (χ2v) is 8.73. The molecule has 1 rings (SSSR count). The summed E-state index contributed by atoms with van der Waals surface area (Å²) in [7, 11) is 0. The zero-order valence-electron chi connectivity index (χ0n) is 18.4. The Morgan fingerprint density at radius 2 is 1.48 bits per heavy atom. The van der Waals surface area contributed by atoms with Gasteiger partial charge in [-0.15, -0.1) is 0 Å². The lowest BCUT2D eigenvalue weighted by atomic mass is 10.0. The van der Waals surface area contributed by atoms with E-state index in [0.29, 0.717) is 12.8 Å². The monoisotopic (exact) mass is 404 g/mol. The molecule has 0 heterocycles. The second-order valence-electron chi connectivity index (χ2n) is 8.73. The number of aliphatic imine (C=N–C) groups is 1. The molecule has 0 saturated carbocycles. The van der Waals surface area contributed by atoms with Crippen molar-refractivity contribution in [3.05, 3.63) is 35.4 Å². The molecule has 7 heteroatoms. The van der Waals surface area contributed by atoms with E-state index in [9.17, 15) is 14.4 Å². The molecule has 1 aromatic rings. The molecule has 0 saturated heterocycles. The number of nitrogens with zero attached hydrogens (tertiary/aromatic N) is 1. The molecule has 1 aromatic carbocycles. The van der Waals surface area contributed by atoms with E-state index in [1.165, 1.54) is 0 Å². The minimum Gasteiger partial charge on any atom is -0.444 e. The molecule has 0 fully saturated rings. The summed E-state index contributed by atoms with van der Waals surface area (Å²) in [5.74, 6) is 0.240. The minimum atomic E-state index is -0.805. The van der Waals surface area contributed by atoms with Gasteiger partial charge in [-0.25, -0.2) is 9.59 Å². The number of amidine groups is 1. The van der Waals surface area contributed by atoms with Gasteiger partial charge in [0.1, 0.15) is 22.8 Å². The van der Waals surface area contributed by atoms with Gasteiger partial charge in [0.05, 0.1) is 0 Å². The Morgan fingerprint density at radius 3 is 2.00 bits per heavy atom. The molecule has 0 bridgehead atoms. The van der Waals surface area contributed by atoms with Crippen LogP contribution in [0.4, 0.5) is 9.59 Å². The molecule has 0 atom stereocenters. The molecule has 7 nitrogen and oxygen atoms in total. The molecule has 1 N–H and O–H groups in total. The lowest BCUT2D eigenvalue weighted by Gasteiger charge is -2.21. The van der Waals surface area contributed by atoms with Crippen molar-refractivity contribution >= 4 is 23.8 Å². The first kappa shape index (κ1) is 24.3. The van der Waals surface area contributed by atoms with Crippen LogP contribution in [0.2, 0.25) is 0 Å². The fourth-order valence-corrected chi connectivity index (χ4v) is 2.32. The van der Waals surface area contributed by atoms with Gasteiger partial charge in [-0.2, -0.15) is 4.99 Å². The number of hydrogen-bond donors (Lipinski definition) is 1. The van der Waals surface area contributed by atoms with Gasteiger partial charge < -0.3 is 9.47 Å². The van der Waals surface area contributed by atoms with Crippen LogP contribution in [0.3, 0.4) is 0 Å². The van der Waals surface area contributed by atoms with Crippen molar-refractivity contribution in [2.45, 2.75) is 78.9 Å². The highest BCUT2D eigenvalue weighted by Gasteiger charge is 2.20. The number of alkyl carbamates (subject to hydrolysis) is 1. The Bertz CT molecular complexity index is 770. The molecule has 2 amide bonds. The number of ketones is 1. The van der Waals surface area contributed by atoms with Crippen molar-refractivity contribution in [1.82, 2.24) is 5.32 Å². The molecule has 29 heavy (non-hydrogen) atoms. The maximum atomic E-state index is 12.2. The molecule has 0 aromatic heterocycles.